The third kappa shape index (κ3) is 2.95. The van der Waals surface area contributed by atoms with Crippen molar-refractivity contribution < 1.29 is 4.79 Å². The smallest absolute Gasteiger partial charge is 0.152 e. The Bertz CT molecular complexity index is 204. The highest BCUT2D eigenvalue weighted by Gasteiger charge is 2.27. The number of Topliss-reactive ketones (excluding diaryl/α,β-unsaturated/α-hetero) is 1. The fourth-order valence-electron chi connectivity index (χ4n) is 2.14. The van der Waals surface area contributed by atoms with Gasteiger partial charge >= 0.3 is 0 Å². The van der Waals surface area contributed by atoms with Gasteiger partial charge in [-0.25, -0.2) is 0 Å². The van der Waals surface area contributed by atoms with E-state index in [-0.39, 0.29) is 17.7 Å². The molecule has 2 N–H and O–H groups in total. The molecule has 0 heterocycles. The van der Waals surface area contributed by atoms with E-state index < -0.39 is 0 Å². The van der Waals surface area contributed by atoms with Crippen molar-refractivity contribution in [1.82, 2.24) is 0 Å². The zero-order chi connectivity index (χ0) is 10.6. The molecule has 1 aliphatic carbocycles. The average molecular weight is 195 g/mol. The van der Waals surface area contributed by atoms with Gasteiger partial charge in [0.05, 0.1) is 6.04 Å². The van der Waals surface area contributed by atoms with E-state index in [4.69, 9.17) is 5.73 Å². The molecule has 2 nitrogen and oxygen atoms in total. The van der Waals surface area contributed by atoms with Gasteiger partial charge in [0.1, 0.15) is 0 Å². The molecule has 0 amide bonds. The molecule has 0 spiro atoms. The van der Waals surface area contributed by atoms with Crippen molar-refractivity contribution in [2.24, 2.45) is 17.6 Å². The monoisotopic (exact) mass is 195 g/mol. The molecule has 0 aromatic heterocycles. The summed E-state index contributed by atoms with van der Waals surface area (Å²) in [6.45, 7) is 5.86. The summed E-state index contributed by atoms with van der Waals surface area (Å²) >= 11 is 0. The van der Waals surface area contributed by atoms with E-state index in [1.54, 1.807) is 6.08 Å². The molecule has 0 radical (unpaired) electrons. The van der Waals surface area contributed by atoms with Crippen LogP contribution in [-0.4, -0.2) is 11.8 Å². The van der Waals surface area contributed by atoms with E-state index in [2.05, 4.69) is 13.5 Å². The quantitative estimate of drug-likeness (QED) is 0.699. The summed E-state index contributed by atoms with van der Waals surface area (Å²) in [5.74, 6) is 1.26. The van der Waals surface area contributed by atoms with Crippen LogP contribution in [0.25, 0.3) is 0 Å². The normalized spacial score (nSPS) is 29.6. The number of carbonyl (C=O) groups excluding carboxylic acids is 1. The van der Waals surface area contributed by atoms with Crippen LogP contribution in [0.5, 0.6) is 0 Å². The van der Waals surface area contributed by atoms with Crippen molar-refractivity contribution in [1.29, 1.82) is 0 Å². The Balaban J connectivity index is 2.40. The summed E-state index contributed by atoms with van der Waals surface area (Å²) in [4.78, 5) is 11.8. The molecule has 2 heteroatoms. The fourth-order valence-corrected chi connectivity index (χ4v) is 2.14. The summed E-state index contributed by atoms with van der Waals surface area (Å²) in [5.41, 5.74) is 5.77. The first kappa shape index (κ1) is 11.4. The third-order valence-corrected chi connectivity index (χ3v) is 3.20. The lowest BCUT2D eigenvalue weighted by atomic mass is 9.79. The maximum absolute atomic E-state index is 11.8. The second-order valence-electron chi connectivity index (χ2n) is 4.49. The molecule has 0 saturated heterocycles. The van der Waals surface area contributed by atoms with Gasteiger partial charge in [0.2, 0.25) is 0 Å². The highest BCUT2D eigenvalue weighted by Crippen LogP contribution is 2.29. The molecule has 1 aliphatic rings. The minimum Gasteiger partial charge on any atom is -0.321 e. The molecule has 1 fully saturated rings. The Morgan fingerprint density at radius 2 is 2.07 bits per heavy atom. The average Bonchev–Trinajstić information content (AvgIpc) is 2.18. The molecule has 1 atom stereocenters. The summed E-state index contributed by atoms with van der Waals surface area (Å²) in [5, 5.41) is 0. The predicted octanol–water partition coefficient (Wildman–Crippen LogP) is 2.29. The number of nitrogens with two attached hydrogens (primary N) is 1. The van der Waals surface area contributed by atoms with E-state index in [0.717, 1.165) is 18.8 Å². The van der Waals surface area contributed by atoms with Crippen LogP contribution < -0.4 is 5.73 Å². The molecular formula is C12H21NO. The van der Waals surface area contributed by atoms with E-state index >= 15 is 0 Å². The highest BCUT2D eigenvalue weighted by molar-refractivity contribution is 5.86. The molecule has 1 saturated carbocycles. The second-order valence-corrected chi connectivity index (χ2v) is 4.49. The summed E-state index contributed by atoms with van der Waals surface area (Å²) < 4.78 is 0. The topological polar surface area (TPSA) is 43.1 Å². The molecular weight excluding hydrogens is 174 g/mol. The minimum absolute atomic E-state index is 0.223. The number of hydrogen-bond acceptors (Lipinski definition) is 2. The number of hydrogen-bond donors (Lipinski definition) is 1. The van der Waals surface area contributed by atoms with Gasteiger partial charge in [-0.05, 0) is 25.2 Å². The van der Waals surface area contributed by atoms with Crippen molar-refractivity contribution in [3.8, 4) is 0 Å². The van der Waals surface area contributed by atoms with Crippen molar-refractivity contribution in [2.45, 2.75) is 45.1 Å². The molecule has 0 aliphatic heterocycles. The fraction of sp³-hybridized carbons (Fsp3) is 0.750. The first-order chi connectivity index (χ1) is 6.65. The Morgan fingerprint density at radius 1 is 1.50 bits per heavy atom. The van der Waals surface area contributed by atoms with Crippen LogP contribution in [0.2, 0.25) is 0 Å². The van der Waals surface area contributed by atoms with Crippen LogP contribution in [0, 0.1) is 11.8 Å². The lowest BCUT2D eigenvalue weighted by Crippen LogP contribution is -2.36. The van der Waals surface area contributed by atoms with Gasteiger partial charge in [-0.3, -0.25) is 4.79 Å². The largest absolute Gasteiger partial charge is 0.321 e. The van der Waals surface area contributed by atoms with Crippen LogP contribution in [0.1, 0.15) is 39.0 Å². The maximum Gasteiger partial charge on any atom is 0.152 e. The molecule has 0 aromatic carbocycles. The van der Waals surface area contributed by atoms with Gasteiger partial charge in [-0.2, -0.15) is 0 Å². The number of rotatable bonds is 4. The first-order valence-corrected chi connectivity index (χ1v) is 5.55. The predicted molar refractivity (Wildman–Crippen MR) is 58.9 cm³/mol. The molecule has 80 valence electrons. The van der Waals surface area contributed by atoms with Gasteiger partial charge in [0.25, 0.3) is 0 Å². The first-order valence-electron chi connectivity index (χ1n) is 5.55. The number of carbonyl (C=O) groups is 1. The van der Waals surface area contributed by atoms with Crippen LogP contribution in [-0.2, 0) is 4.79 Å². The standard InChI is InChI=1S/C12H21NO/c1-3-4-11(13)12(14)10-7-5-9(2)6-8-10/h3,9-11H,1,4-8,13H2,2H3. The zero-order valence-corrected chi connectivity index (χ0v) is 9.04. The van der Waals surface area contributed by atoms with E-state index in [0.29, 0.717) is 6.42 Å². The summed E-state index contributed by atoms with van der Waals surface area (Å²) in [6.07, 6.45) is 6.77. The SMILES string of the molecule is C=CCC(N)C(=O)C1CCC(C)CC1. The Hall–Kier alpha value is -0.630. The molecule has 0 aromatic rings. The molecule has 0 bridgehead atoms. The van der Waals surface area contributed by atoms with Gasteiger partial charge in [0.15, 0.2) is 5.78 Å². The lowest BCUT2D eigenvalue weighted by molar-refractivity contribution is -0.125. The van der Waals surface area contributed by atoms with E-state index in [1.807, 2.05) is 0 Å². The van der Waals surface area contributed by atoms with Crippen molar-refractivity contribution >= 4 is 5.78 Å². The van der Waals surface area contributed by atoms with Crippen LogP contribution in [0.3, 0.4) is 0 Å². The van der Waals surface area contributed by atoms with Crippen molar-refractivity contribution in [3.05, 3.63) is 12.7 Å². The van der Waals surface area contributed by atoms with Crippen LogP contribution >= 0.6 is 0 Å². The van der Waals surface area contributed by atoms with Gasteiger partial charge in [-0.1, -0.05) is 25.8 Å². The third-order valence-electron chi connectivity index (χ3n) is 3.20. The Labute approximate surface area is 86.6 Å². The number of ketones is 1. The van der Waals surface area contributed by atoms with Crippen LogP contribution in [0.4, 0.5) is 0 Å². The van der Waals surface area contributed by atoms with Crippen LogP contribution in [0.15, 0.2) is 12.7 Å². The summed E-state index contributed by atoms with van der Waals surface area (Å²) in [6, 6.07) is -0.314. The lowest BCUT2D eigenvalue weighted by Gasteiger charge is -2.26. The van der Waals surface area contributed by atoms with Crippen molar-refractivity contribution in [2.75, 3.05) is 0 Å². The highest BCUT2D eigenvalue weighted by atomic mass is 16.1. The summed E-state index contributed by atoms with van der Waals surface area (Å²) in [7, 11) is 0. The Kier molecular flexibility index (Phi) is 4.33. The minimum atomic E-state index is -0.314. The van der Waals surface area contributed by atoms with Gasteiger partial charge < -0.3 is 5.73 Å². The Morgan fingerprint density at radius 3 is 2.57 bits per heavy atom. The molecule has 1 unspecified atom stereocenters. The van der Waals surface area contributed by atoms with Gasteiger partial charge in [0, 0.05) is 5.92 Å². The van der Waals surface area contributed by atoms with Gasteiger partial charge in [-0.15, -0.1) is 6.58 Å². The van der Waals surface area contributed by atoms with Crippen molar-refractivity contribution in [3.63, 3.8) is 0 Å². The molecule has 14 heavy (non-hydrogen) atoms. The molecule has 1 rings (SSSR count). The zero-order valence-electron chi connectivity index (χ0n) is 9.04. The second kappa shape index (κ2) is 5.30. The van der Waals surface area contributed by atoms with E-state index in [1.165, 1.54) is 12.8 Å². The van der Waals surface area contributed by atoms with E-state index in [9.17, 15) is 4.79 Å². The maximum atomic E-state index is 11.8.